The quantitative estimate of drug-likeness (QED) is 0.527. The molecule has 1 heterocycles. The Morgan fingerprint density at radius 2 is 2.00 bits per heavy atom. The Hall–Kier alpha value is -1.80. The maximum absolute atomic E-state index is 12.2. The molecular weight excluding hydrogens is 375 g/mol. The van der Waals surface area contributed by atoms with Crippen LogP contribution in [0.2, 0.25) is 10.0 Å². The fourth-order valence-corrected chi connectivity index (χ4v) is 4.44. The largest absolute Gasteiger partial charge is 0.313 e. The number of carbonyl (C=O) groups excluding carboxylic acids is 1. The fourth-order valence-electron chi connectivity index (χ4n) is 2.89. The molecule has 0 aliphatic heterocycles. The second-order valence-electron chi connectivity index (χ2n) is 5.88. The molecule has 0 atom stereocenters. The summed E-state index contributed by atoms with van der Waals surface area (Å²) in [6.45, 7) is 0. The lowest BCUT2D eigenvalue weighted by Crippen LogP contribution is -2.07. The number of nitriles is 1. The zero-order valence-electron chi connectivity index (χ0n) is 13.4. The molecule has 0 radical (unpaired) electrons. The highest BCUT2D eigenvalue weighted by Gasteiger charge is 2.20. The normalized spacial score (nSPS) is 14.0. The van der Waals surface area contributed by atoms with Crippen LogP contribution in [-0.4, -0.2) is 5.91 Å². The SMILES string of the molecule is N#Cc1c(NC(=O)/C=C/c2ccc(Cl)c(Cl)c2)sc2c1CCCCC2. The van der Waals surface area contributed by atoms with Gasteiger partial charge in [-0.25, -0.2) is 0 Å². The number of aryl methyl sites for hydroxylation is 1. The van der Waals surface area contributed by atoms with Crippen LogP contribution < -0.4 is 5.32 Å². The summed E-state index contributed by atoms with van der Waals surface area (Å²) in [5.41, 5.74) is 2.53. The van der Waals surface area contributed by atoms with Crippen LogP contribution in [0.3, 0.4) is 0 Å². The number of hydrogen-bond donors (Lipinski definition) is 1. The van der Waals surface area contributed by atoms with E-state index in [2.05, 4.69) is 11.4 Å². The fraction of sp³-hybridized carbons (Fsp3) is 0.263. The molecule has 3 rings (SSSR count). The number of halogens is 2. The molecule has 1 aliphatic carbocycles. The van der Waals surface area contributed by atoms with Gasteiger partial charge in [0.15, 0.2) is 0 Å². The predicted octanol–water partition coefficient (Wildman–Crippen LogP) is 5.85. The van der Waals surface area contributed by atoms with Crippen LogP contribution in [0, 0.1) is 11.3 Å². The first-order valence-electron chi connectivity index (χ1n) is 8.07. The second-order valence-corrected chi connectivity index (χ2v) is 7.80. The highest BCUT2D eigenvalue weighted by Crippen LogP contribution is 2.37. The molecule has 1 aromatic heterocycles. The third kappa shape index (κ3) is 4.24. The summed E-state index contributed by atoms with van der Waals surface area (Å²) in [4.78, 5) is 13.5. The second kappa shape index (κ2) is 8.05. The van der Waals surface area contributed by atoms with Crippen molar-refractivity contribution in [2.45, 2.75) is 32.1 Å². The van der Waals surface area contributed by atoms with Crippen LogP contribution in [-0.2, 0) is 17.6 Å². The number of rotatable bonds is 3. The van der Waals surface area contributed by atoms with Gasteiger partial charge >= 0.3 is 0 Å². The number of benzene rings is 1. The molecule has 1 amide bonds. The standard InChI is InChI=1S/C19H16Cl2N2OS/c20-15-8-6-12(10-16(15)21)7-9-18(24)23-19-14(11-22)13-4-2-1-3-5-17(13)25-19/h6-10H,1-5H2,(H,23,24)/b9-7+. The highest BCUT2D eigenvalue weighted by molar-refractivity contribution is 7.16. The van der Waals surface area contributed by atoms with Crippen molar-refractivity contribution in [1.29, 1.82) is 5.26 Å². The number of nitrogens with one attached hydrogen (secondary N) is 1. The number of hydrogen-bond acceptors (Lipinski definition) is 3. The summed E-state index contributed by atoms with van der Waals surface area (Å²) in [5, 5.41) is 13.9. The van der Waals surface area contributed by atoms with E-state index in [-0.39, 0.29) is 5.91 Å². The van der Waals surface area contributed by atoms with E-state index in [9.17, 15) is 10.1 Å². The van der Waals surface area contributed by atoms with E-state index in [1.807, 2.05) is 0 Å². The lowest BCUT2D eigenvalue weighted by atomic mass is 10.1. The minimum Gasteiger partial charge on any atom is -0.313 e. The van der Waals surface area contributed by atoms with E-state index in [4.69, 9.17) is 23.2 Å². The Balaban J connectivity index is 1.76. The van der Waals surface area contributed by atoms with Crippen LogP contribution >= 0.6 is 34.5 Å². The van der Waals surface area contributed by atoms with Crippen molar-refractivity contribution in [3.05, 3.63) is 55.9 Å². The zero-order valence-corrected chi connectivity index (χ0v) is 15.8. The Morgan fingerprint density at radius 3 is 2.76 bits per heavy atom. The molecule has 0 saturated heterocycles. The number of anilines is 1. The molecule has 0 unspecified atom stereocenters. The van der Waals surface area contributed by atoms with Gasteiger partial charge < -0.3 is 5.32 Å². The molecule has 3 nitrogen and oxygen atoms in total. The summed E-state index contributed by atoms with van der Waals surface area (Å²) in [7, 11) is 0. The first kappa shape index (κ1) is 18.0. The van der Waals surface area contributed by atoms with Gasteiger partial charge in [0, 0.05) is 11.0 Å². The van der Waals surface area contributed by atoms with Crippen LogP contribution in [0.4, 0.5) is 5.00 Å². The van der Waals surface area contributed by atoms with Crippen molar-refractivity contribution in [1.82, 2.24) is 0 Å². The van der Waals surface area contributed by atoms with E-state index in [0.717, 1.165) is 36.8 Å². The van der Waals surface area contributed by atoms with Gasteiger partial charge in [0.2, 0.25) is 5.91 Å². The van der Waals surface area contributed by atoms with E-state index in [1.54, 1.807) is 24.3 Å². The Labute approximate surface area is 160 Å². The molecule has 0 bridgehead atoms. The van der Waals surface area contributed by atoms with Crippen LogP contribution in [0.25, 0.3) is 6.08 Å². The Bertz CT molecular complexity index is 880. The Morgan fingerprint density at radius 1 is 1.20 bits per heavy atom. The molecule has 1 N–H and O–H groups in total. The third-order valence-corrected chi connectivity index (χ3v) is 6.09. The van der Waals surface area contributed by atoms with Crippen LogP contribution in [0.5, 0.6) is 0 Å². The predicted molar refractivity (Wildman–Crippen MR) is 104 cm³/mol. The van der Waals surface area contributed by atoms with Crippen molar-refractivity contribution >= 4 is 51.5 Å². The molecule has 0 saturated carbocycles. The average Bonchev–Trinajstić information content (AvgIpc) is 2.76. The van der Waals surface area contributed by atoms with Gasteiger partial charge in [-0.15, -0.1) is 11.3 Å². The lowest BCUT2D eigenvalue weighted by molar-refractivity contribution is -0.111. The maximum Gasteiger partial charge on any atom is 0.249 e. The monoisotopic (exact) mass is 390 g/mol. The summed E-state index contributed by atoms with van der Waals surface area (Å²) in [6.07, 6.45) is 8.45. The minimum atomic E-state index is -0.265. The van der Waals surface area contributed by atoms with E-state index >= 15 is 0 Å². The summed E-state index contributed by atoms with van der Waals surface area (Å²) in [6, 6.07) is 7.43. The average molecular weight is 391 g/mol. The zero-order chi connectivity index (χ0) is 17.8. The van der Waals surface area contributed by atoms with Crippen LogP contribution in [0.1, 0.15) is 40.8 Å². The van der Waals surface area contributed by atoms with Crippen molar-refractivity contribution in [3.8, 4) is 6.07 Å². The number of nitrogens with zero attached hydrogens (tertiary/aromatic N) is 1. The molecule has 25 heavy (non-hydrogen) atoms. The Kier molecular flexibility index (Phi) is 5.80. The summed E-state index contributed by atoms with van der Waals surface area (Å²) < 4.78 is 0. The molecule has 0 spiro atoms. The van der Waals surface area contributed by atoms with Gasteiger partial charge in [0.1, 0.15) is 11.1 Å². The molecule has 6 heteroatoms. The van der Waals surface area contributed by atoms with E-state index in [1.165, 1.54) is 28.7 Å². The molecule has 2 aromatic rings. The summed E-state index contributed by atoms with van der Waals surface area (Å²) in [5.74, 6) is -0.265. The topological polar surface area (TPSA) is 52.9 Å². The molecule has 128 valence electrons. The smallest absolute Gasteiger partial charge is 0.249 e. The first-order valence-corrected chi connectivity index (χ1v) is 9.64. The van der Waals surface area contributed by atoms with Crippen LogP contribution in [0.15, 0.2) is 24.3 Å². The van der Waals surface area contributed by atoms with E-state index in [0.29, 0.717) is 20.6 Å². The van der Waals surface area contributed by atoms with Gasteiger partial charge in [-0.05, 0) is 55.0 Å². The third-order valence-electron chi connectivity index (χ3n) is 4.14. The maximum atomic E-state index is 12.2. The van der Waals surface area contributed by atoms with Gasteiger partial charge in [-0.2, -0.15) is 5.26 Å². The van der Waals surface area contributed by atoms with Gasteiger partial charge in [0.05, 0.1) is 15.6 Å². The molecule has 1 aromatic carbocycles. The number of amides is 1. The van der Waals surface area contributed by atoms with Crippen molar-refractivity contribution in [2.24, 2.45) is 0 Å². The van der Waals surface area contributed by atoms with E-state index < -0.39 is 0 Å². The minimum absolute atomic E-state index is 0.265. The van der Waals surface area contributed by atoms with Crippen molar-refractivity contribution in [2.75, 3.05) is 5.32 Å². The van der Waals surface area contributed by atoms with Gasteiger partial charge in [-0.1, -0.05) is 35.7 Å². The molecular formula is C19H16Cl2N2OS. The number of thiophene rings is 1. The van der Waals surface area contributed by atoms with Gasteiger partial charge in [0.25, 0.3) is 0 Å². The first-order chi connectivity index (χ1) is 12.1. The summed E-state index contributed by atoms with van der Waals surface area (Å²) >= 11 is 13.4. The molecule has 1 aliphatic rings. The number of carbonyl (C=O) groups is 1. The van der Waals surface area contributed by atoms with Crippen molar-refractivity contribution < 1.29 is 4.79 Å². The molecule has 0 fully saturated rings. The number of fused-ring (bicyclic) bond motifs is 1. The van der Waals surface area contributed by atoms with Gasteiger partial charge in [-0.3, -0.25) is 4.79 Å². The van der Waals surface area contributed by atoms with Crippen molar-refractivity contribution in [3.63, 3.8) is 0 Å². The lowest BCUT2D eigenvalue weighted by Gasteiger charge is -2.01. The highest BCUT2D eigenvalue weighted by atomic mass is 35.5.